The van der Waals surface area contributed by atoms with Gasteiger partial charge in [0.05, 0.1) is 5.41 Å². The van der Waals surface area contributed by atoms with E-state index in [1.807, 2.05) is 42.5 Å². The van der Waals surface area contributed by atoms with Crippen molar-refractivity contribution in [3.8, 4) is 0 Å². The molecule has 1 heterocycles. The lowest BCUT2D eigenvalue weighted by Gasteiger charge is -2.46. The Morgan fingerprint density at radius 3 is 1.84 bits per heavy atom. The van der Waals surface area contributed by atoms with E-state index in [0.717, 1.165) is 16.7 Å². The molecule has 31 heavy (non-hydrogen) atoms. The molecule has 2 atom stereocenters. The first-order valence-electron chi connectivity index (χ1n) is 10.0. The maximum atomic E-state index is 13.8. The van der Waals surface area contributed by atoms with E-state index in [2.05, 4.69) is 5.32 Å². The first-order valence-corrected chi connectivity index (χ1v) is 11.2. The van der Waals surface area contributed by atoms with Crippen molar-refractivity contribution in [1.29, 1.82) is 0 Å². The van der Waals surface area contributed by atoms with Gasteiger partial charge in [0.1, 0.15) is 5.78 Å². The highest BCUT2D eigenvalue weighted by atomic mass is 35.5. The van der Waals surface area contributed by atoms with E-state index in [9.17, 15) is 9.59 Å². The van der Waals surface area contributed by atoms with Crippen LogP contribution in [-0.4, -0.2) is 11.7 Å². The number of anilines is 1. The number of hydrogen-bond donors (Lipinski definition) is 1. The molecule has 1 aliphatic carbocycles. The van der Waals surface area contributed by atoms with E-state index in [1.165, 1.54) is 0 Å². The topological polar surface area (TPSA) is 46.2 Å². The van der Waals surface area contributed by atoms with Gasteiger partial charge in [0, 0.05) is 45.4 Å². The summed E-state index contributed by atoms with van der Waals surface area (Å²) in [4.78, 5) is 26.8. The molecule has 1 amide bonds. The van der Waals surface area contributed by atoms with Crippen molar-refractivity contribution in [2.45, 2.75) is 30.1 Å². The predicted molar refractivity (Wildman–Crippen MR) is 124 cm³/mol. The third-order valence-electron chi connectivity index (χ3n) is 6.52. The van der Waals surface area contributed by atoms with Gasteiger partial charge < -0.3 is 5.32 Å². The molecular weight excluding hydrogens is 453 g/mol. The number of hydrogen-bond acceptors (Lipinski definition) is 2. The summed E-state index contributed by atoms with van der Waals surface area (Å²) >= 11 is 18.8. The average molecular weight is 471 g/mol. The summed E-state index contributed by atoms with van der Waals surface area (Å²) in [7, 11) is 0. The quantitative estimate of drug-likeness (QED) is 0.449. The SMILES string of the molecule is O=C1C[C@@H](c2cccc(Cl)c2)C2(C(=O)Nc3cc(Cl)ccc32)[C@H](c2cccc(Cl)c2)C1. The normalized spacial score (nSPS) is 21.8. The summed E-state index contributed by atoms with van der Waals surface area (Å²) in [6, 6.07) is 20.3. The summed E-state index contributed by atoms with van der Waals surface area (Å²) in [6.45, 7) is 0. The minimum absolute atomic E-state index is 0.107. The number of ketones is 1. The van der Waals surface area contributed by atoms with Crippen LogP contribution < -0.4 is 5.32 Å². The summed E-state index contributed by atoms with van der Waals surface area (Å²) in [5.74, 6) is -0.777. The fraction of sp³-hybridized carbons (Fsp3) is 0.200. The van der Waals surface area contributed by atoms with Crippen LogP contribution in [0.1, 0.15) is 41.4 Å². The molecule has 1 saturated carbocycles. The molecule has 3 aromatic rings. The first-order chi connectivity index (χ1) is 14.9. The molecular formula is C25H18Cl3NO2. The third-order valence-corrected chi connectivity index (χ3v) is 7.22. The van der Waals surface area contributed by atoms with E-state index in [-0.39, 0.29) is 36.4 Å². The molecule has 0 bridgehead atoms. The molecule has 6 heteroatoms. The van der Waals surface area contributed by atoms with Gasteiger partial charge in [-0.3, -0.25) is 9.59 Å². The molecule has 0 unspecified atom stereocenters. The van der Waals surface area contributed by atoms with E-state index in [1.54, 1.807) is 24.3 Å². The van der Waals surface area contributed by atoms with Gasteiger partial charge in [-0.15, -0.1) is 0 Å². The molecule has 2 aliphatic rings. The van der Waals surface area contributed by atoms with Crippen molar-refractivity contribution < 1.29 is 9.59 Å². The smallest absolute Gasteiger partial charge is 0.236 e. The van der Waals surface area contributed by atoms with Gasteiger partial charge in [-0.05, 0) is 53.1 Å². The largest absolute Gasteiger partial charge is 0.325 e. The Labute approximate surface area is 195 Å². The van der Waals surface area contributed by atoms with Crippen LogP contribution in [0.3, 0.4) is 0 Å². The lowest BCUT2D eigenvalue weighted by Crippen LogP contribution is -2.50. The van der Waals surface area contributed by atoms with Crippen molar-refractivity contribution in [3.05, 3.63) is 98.5 Å². The Hall–Kier alpha value is -2.33. The van der Waals surface area contributed by atoms with Crippen LogP contribution in [0.5, 0.6) is 0 Å². The van der Waals surface area contributed by atoms with Crippen LogP contribution in [0, 0.1) is 0 Å². The van der Waals surface area contributed by atoms with E-state index in [0.29, 0.717) is 20.8 Å². The number of nitrogens with one attached hydrogen (secondary N) is 1. The molecule has 3 nitrogen and oxygen atoms in total. The maximum absolute atomic E-state index is 13.8. The molecule has 1 spiro atoms. The Morgan fingerprint density at radius 1 is 0.742 bits per heavy atom. The highest BCUT2D eigenvalue weighted by molar-refractivity contribution is 6.31. The fourth-order valence-corrected chi connectivity index (χ4v) is 5.90. The Kier molecular flexibility index (Phi) is 5.09. The Balaban J connectivity index is 1.81. The zero-order valence-corrected chi connectivity index (χ0v) is 18.6. The molecule has 5 rings (SSSR count). The van der Waals surface area contributed by atoms with Crippen molar-refractivity contribution in [3.63, 3.8) is 0 Å². The number of carbonyl (C=O) groups is 2. The second-order valence-electron chi connectivity index (χ2n) is 8.18. The van der Waals surface area contributed by atoms with Crippen molar-refractivity contribution in [2.24, 2.45) is 0 Å². The van der Waals surface area contributed by atoms with Crippen LogP contribution in [-0.2, 0) is 15.0 Å². The number of amides is 1. The van der Waals surface area contributed by atoms with Crippen LogP contribution in [0.15, 0.2) is 66.7 Å². The highest BCUT2D eigenvalue weighted by Gasteiger charge is 2.60. The summed E-state index contributed by atoms with van der Waals surface area (Å²) in [6.07, 6.45) is 0.514. The second-order valence-corrected chi connectivity index (χ2v) is 9.48. The van der Waals surface area contributed by atoms with Crippen molar-refractivity contribution >= 4 is 52.2 Å². The number of fused-ring (bicyclic) bond motifs is 2. The highest BCUT2D eigenvalue weighted by Crippen LogP contribution is 2.60. The number of Topliss-reactive ketones (excluding diaryl/α,β-unsaturated/α-hetero) is 1. The molecule has 1 aliphatic heterocycles. The minimum Gasteiger partial charge on any atom is -0.325 e. The van der Waals surface area contributed by atoms with Gasteiger partial charge in [0.25, 0.3) is 0 Å². The maximum Gasteiger partial charge on any atom is 0.236 e. The third kappa shape index (κ3) is 3.27. The standard InChI is InChI=1S/C25H18Cl3NO2/c26-16-5-1-3-14(9-16)21-12-19(30)13-22(15-4-2-6-17(27)10-15)25(21)20-8-7-18(28)11-23(20)29-24(25)31/h1-11,21-22H,12-13H2,(H,29,31)/t21-,22-/m0/s1. The monoisotopic (exact) mass is 469 g/mol. The lowest BCUT2D eigenvalue weighted by atomic mass is 9.54. The molecule has 156 valence electrons. The summed E-state index contributed by atoms with van der Waals surface area (Å²) in [5.41, 5.74) is 2.29. The van der Waals surface area contributed by atoms with Crippen LogP contribution in [0.2, 0.25) is 15.1 Å². The fourth-order valence-electron chi connectivity index (χ4n) is 5.33. The van der Waals surface area contributed by atoms with Gasteiger partial charge in [-0.25, -0.2) is 0 Å². The van der Waals surface area contributed by atoms with E-state index in [4.69, 9.17) is 34.8 Å². The molecule has 0 saturated heterocycles. The molecule has 1 fully saturated rings. The molecule has 1 N–H and O–H groups in total. The first kappa shape index (κ1) is 20.6. The van der Waals surface area contributed by atoms with Crippen LogP contribution in [0.25, 0.3) is 0 Å². The van der Waals surface area contributed by atoms with Crippen molar-refractivity contribution in [1.82, 2.24) is 0 Å². The zero-order chi connectivity index (χ0) is 21.8. The Bertz CT molecular complexity index is 1170. The van der Waals surface area contributed by atoms with Crippen LogP contribution in [0.4, 0.5) is 5.69 Å². The zero-order valence-electron chi connectivity index (χ0n) is 16.4. The lowest BCUT2D eigenvalue weighted by molar-refractivity contribution is -0.128. The number of rotatable bonds is 2. The van der Waals surface area contributed by atoms with E-state index < -0.39 is 5.41 Å². The minimum atomic E-state index is -0.983. The molecule has 0 radical (unpaired) electrons. The Morgan fingerprint density at radius 2 is 1.29 bits per heavy atom. The van der Waals surface area contributed by atoms with Gasteiger partial charge in [-0.1, -0.05) is 65.1 Å². The molecule has 0 aromatic heterocycles. The van der Waals surface area contributed by atoms with Gasteiger partial charge in [0.15, 0.2) is 0 Å². The van der Waals surface area contributed by atoms with E-state index >= 15 is 0 Å². The van der Waals surface area contributed by atoms with Gasteiger partial charge in [0.2, 0.25) is 5.91 Å². The van der Waals surface area contributed by atoms with Gasteiger partial charge >= 0.3 is 0 Å². The second kappa shape index (κ2) is 7.67. The number of halogens is 3. The summed E-state index contributed by atoms with van der Waals surface area (Å²) < 4.78 is 0. The summed E-state index contributed by atoms with van der Waals surface area (Å²) in [5, 5.41) is 4.72. The number of carbonyl (C=O) groups excluding carboxylic acids is 2. The predicted octanol–water partition coefficient (Wildman–Crippen LogP) is 6.77. The van der Waals surface area contributed by atoms with Crippen molar-refractivity contribution in [2.75, 3.05) is 5.32 Å². The average Bonchev–Trinajstić information content (AvgIpc) is 3.01. The van der Waals surface area contributed by atoms with Gasteiger partial charge in [-0.2, -0.15) is 0 Å². The van der Waals surface area contributed by atoms with Crippen LogP contribution >= 0.6 is 34.8 Å². The molecule has 3 aromatic carbocycles. The number of benzene rings is 3.